The van der Waals surface area contributed by atoms with Crippen molar-refractivity contribution in [2.24, 2.45) is 7.05 Å². The zero-order chi connectivity index (χ0) is 20.7. The maximum Gasteiger partial charge on any atom is 0.329 e. The molecule has 1 heterocycles. The SMILES string of the molecule is CCOc1ccccc1OCCC(=O)OCC(=O)c1c(N)n(C)c(=O)[nH]c1=O. The Morgan fingerprint density at radius 1 is 1.14 bits per heavy atom. The van der Waals surface area contributed by atoms with Gasteiger partial charge in [-0.2, -0.15) is 0 Å². The predicted molar refractivity (Wildman–Crippen MR) is 99.7 cm³/mol. The lowest BCUT2D eigenvalue weighted by atomic mass is 10.2. The van der Waals surface area contributed by atoms with Crippen LogP contribution in [0.4, 0.5) is 5.82 Å². The van der Waals surface area contributed by atoms with Gasteiger partial charge in [-0.05, 0) is 19.1 Å². The zero-order valence-electron chi connectivity index (χ0n) is 15.5. The molecule has 0 bridgehead atoms. The van der Waals surface area contributed by atoms with Crippen LogP contribution in [0.5, 0.6) is 11.5 Å². The number of aromatic nitrogens is 2. The van der Waals surface area contributed by atoms with E-state index >= 15 is 0 Å². The van der Waals surface area contributed by atoms with Crippen LogP contribution in [-0.4, -0.2) is 41.1 Å². The third-order valence-corrected chi connectivity index (χ3v) is 3.73. The first kappa shape index (κ1) is 20.7. The maximum atomic E-state index is 12.1. The average molecular weight is 391 g/mol. The maximum absolute atomic E-state index is 12.1. The summed E-state index contributed by atoms with van der Waals surface area (Å²) in [6.45, 7) is 1.64. The molecule has 28 heavy (non-hydrogen) atoms. The summed E-state index contributed by atoms with van der Waals surface area (Å²) in [5, 5.41) is 0. The quantitative estimate of drug-likeness (QED) is 0.457. The molecule has 150 valence electrons. The minimum absolute atomic E-state index is 0.0136. The fourth-order valence-corrected chi connectivity index (χ4v) is 2.29. The van der Waals surface area contributed by atoms with Crippen LogP contribution in [0.1, 0.15) is 23.7 Å². The van der Waals surface area contributed by atoms with Gasteiger partial charge in [-0.25, -0.2) is 4.79 Å². The Morgan fingerprint density at radius 2 is 1.79 bits per heavy atom. The number of carbonyl (C=O) groups excluding carboxylic acids is 2. The van der Waals surface area contributed by atoms with Gasteiger partial charge in [0, 0.05) is 7.05 Å². The van der Waals surface area contributed by atoms with Gasteiger partial charge in [-0.3, -0.25) is 23.9 Å². The van der Waals surface area contributed by atoms with E-state index in [2.05, 4.69) is 0 Å². The number of nitrogens with two attached hydrogens (primary N) is 1. The summed E-state index contributed by atoms with van der Waals surface area (Å²) in [6.07, 6.45) is -0.118. The van der Waals surface area contributed by atoms with Gasteiger partial charge in [0.15, 0.2) is 18.1 Å². The highest BCUT2D eigenvalue weighted by Gasteiger charge is 2.19. The molecule has 3 N–H and O–H groups in total. The number of hydrogen-bond donors (Lipinski definition) is 2. The Morgan fingerprint density at radius 3 is 2.43 bits per heavy atom. The Hall–Kier alpha value is -3.56. The fraction of sp³-hybridized carbons (Fsp3) is 0.333. The van der Waals surface area contributed by atoms with E-state index in [1.807, 2.05) is 11.9 Å². The molecule has 0 saturated carbocycles. The van der Waals surface area contributed by atoms with Gasteiger partial charge in [-0.1, -0.05) is 12.1 Å². The van der Waals surface area contributed by atoms with Gasteiger partial charge >= 0.3 is 11.7 Å². The van der Waals surface area contributed by atoms with Gasteiger partial charge in [0.05, 0.1) is 19.6 Å². The highest BCUT2D eigenvalue weighted by Crippen LogP contribution is 2.26. The molecule has 0 amide bonds. The van der Waals surface area contributed by atoms with Crippen molar-refractivity contribution < 1.29 is 23.8 Å². The van der Waals surface area contributed by atoms with Crippen LogP contribution >= 0.6 is 0 Å². The minimum atomic E-state index is -0.933. The largest absolute Gasteiger partial charge is 0.490 e. The molecule has 10 heteroatoms. The molecule has 0 spiro atoms. The van der Waals surface area contributed by atoms with Gasteiger partial charge < -0.3 is 19.9 Å². The molecule has 1 aromatic heterocycles. The topological polar surface area (TPSA) is 143 Å². The summed E-state index contributed by atoms with van der Waals surface area (Å²) in [6, 6.07) is 7.01. The molecule has 0 aliphatic heterocycles. The number of para-hydroxylation sites is 2. The summed E-state index contributed by atoms with van der Waals surface area (Å²) in [5.41, 5.74) is 3.51. The number of nitrogens with zero attached hydrogens (tertiary/aromatic N) is 1. The highest BCUT2D eigenvalue weighted by atomic mass is 16.5. The zero-order valence-corrected chi connectivity index (χ0v) is 15.5. The van der Waals surface area contributed by atoms with E-state index in [1.165, 1.54) is 7.05 Å². The highest BCUT2D eigenvalue weighted by molar-refractivity contribution is 6.01. The predicted octanol–water partition coefficient (Wildman–Crippen LogP) is 0.250. The van der Waals surface area contributed by atoms with Crippen LogP contribution in [0, 0.1) is 0 Å². The third kappa shape index (κ3) is 5.00. The standard InChI is InChI=1S/C18H21N3O7/c1-3-26-12-6-4-5-7-13(12)27-9-8-14(23)28-10-11(22)15-16(19)21(2)18(25)20-17(15)24/h4-7H,3,8-10,19H2,1-2H3,(H,20,24,25). The molecular formula is C18H21N3O7. The second-order valence-electron chi connectivity index (χ2n) is 5.64. The number of rotatable bonds is 9. The minimum Gasteiger partial charge on any atom is -0.490 e. The first-order chi connectivity index (χ1) is 13.3. The van der Waals surface area contributed by atoms with E-state index < -0.39 is 35.2 Å². The number of anilines is 1. The van der Waals surface area contributed by atoms with Crippen molar-refractivity contribution in [3.63, 3.8) is 0 Å². The van der Waals surface area contributed by atoms with E-state index in [9.17, 15) is 19.2 Å². The van der Waals surface area contributed by atoms with Crippen molar-refractivity contribution >= 4 is 17.6 Å². The number of nitrogens with one attached hydrogen (secondary N) is 1. The fourth-order valence-electron chi connectivity index (χ4n) is 2.29. The van der Waals surface area contributed by atoms with Crippen LogP contribution in [0.3, 0.4) is 0 Å². The number of Topliss-reactive ketones (excluding diaryl/α,β-unsaturated/α-hetero) is 1. The van der Waals surface area contributed by atoms with Crippen molar-refractivity contribution in [2.75, 3.05) is 25.6 Å². The lowest BCUT2D eigenvalue weighted by Gasteiger charge is -2.11. The number of H-pyrrole nitrogens is 1. The number of ether oxygens (including phenoxy) is 3. The van der Waals surface area contributed by atoms with Crippen molar-refractivity contribution in [3.8, 4) is 11.5 Å². The summed E-state index contributed by atoms with van der Waals surface area (Å²) in [7, 11) is 1.30. The number of nitrogen functional groups attached to an aromatic ring is 1. The van der Waals surface area contributed by atoms with Gasteiger partial charge in [0.25, 0.3) is 5.56 Å². The van der Waals surface area contributed by atoms with Gasteiger partial charge in [0.1, 0.15) is 11.4 Å². The molecule has 0 aliphatic rings. The molecule has 0 saturated heterocycles. The lowest BCUT2D eigenvalue weighted by Crippen LogP contribution is -2.35. The first-order valence-electron chi connectivity index (χ1n) is 8.47. The van der Waals surface area contributed by atoms with E-state index in [1.54, 1.807) is 24.3 Å². The Kier molecular flexibility index (Phi) is 6.96. The van der Waals surface area contributed by atoms with Crippen molar-refractivity contribution in [1.82, 2.24) is 9.55 Å². The van der Waals surface area contributed by atoms with Crippen molar-refractivity contribution in [1.29, 1.82) is 0 Å². The Labute approximate surface area is 159 Å². The Balaban J connectivity index is 1.88. The van der Waals surface area contributed by atoms with Gasteiger partial charge in [-0.15, -0.1) is 0 Å². The van der Waals surface area contributed by atoms with Crippen LogP contribution in [0.15, 0.2) is 33.9 Å². The molecular weight excluding hydrogens is 370 g/mol. The third-order valence-electron chi connectivity index (χ3n) is 3.73. The normalized spacial score (nSPS) is 10.4. The van der Waals surface area contributed by atoms with Crippen molar-refractivity contribution in [3.05, 3.63) is 50.7 Å². The van der Waals surface area contributed by atoms with E-state index in [0.717, 1.165) is 4.57 Å². The van der Waals surface area contributed by atoms with E-state index in [4.69, 9.17) is 19.9 Å². The molecule has 1 aromatic carbocycles. The van der Waals surface area contributed by atoms with E-state index in [0.29, 0.717) is 18.1 Å². The molecule has 10 nitrogen and oxygen atoms in total. The van der Waals surface area contributed by atoms with Crippen LogP contribution in [-0.2, 0) is 16.6 Å². The second-order valence-corrected chi connectivity index (χ2v) is 5.64. The van der Waals surface area contributed by atoms with Crippen LogP contribution in [0.25, 0.3) is 0 Å². The Bertz CT molecular complexity index is 978. The summed E-state index contributed by atoms with van der Waals surface area (Å²) >= 11 is 0. The van der Waals surface area contributed by atoms with Crippen molar-refractivity contribution in [2.45, 2.75) is 13.3 Å². The number of esters is 1. The lowest BCUT2D eigenvalue weighted by molar-refractivity contribution is -0.143. The molecule has 0 aliphatic carbocycles. The number of aromatic amines is 1. The molecule has 0 atom stereocenters. The monoisotopic (exact) mass is 391 g/mol. The smallest absolute Gasteiger partial charge is 0.329 e. The summed E-state index contributed by atoms with van der Waals surface area (Å²) in [5.74, 6) is -0.770. The number of carbonyl (C=O) groups is 2. The summed E-state index contributed by atoms with van der Waals surface area (Å²) in [4.78, 5) is 49.1. The second kappa shape index (κ2) is 9.40. The van der Waals surface area contributed by atoms with Crippen LogP contribution < -0.4 is 26.5 Å². The molecule has 0 radical (unpaired) electrons. The number of benzene rings is 1. The van der Waals surface area contributed by atoms with Crippen LogP contribution in [0.2, 0.25) is 0 Å². The number of ketones is 1. The van der Waals surface area contributed by atoms with Gasteiger partial charge in [0.2, 0.25) is 5.78 Å². The summed E-state index contributed by atoms with van der Waals surface area (Å²) < 4.78 is 16.7. The molecule has 2 rings (SSSR count). The average Bonchev–Trinajstić information content (AvgIpc) is 2.66. The first-order valence-corrected chi connectivity index (χ1v) is 8.47. The van der Waals surface area contributed by atoms with E-state index in [-0.39, 0.29) is 18.8 Å². The molecule has 0 fully saturated rings. The number of hydrogen-bond acceptors (Lipinski definition) is 8. The molecule has 0 unspecified atom stereocenters. The molecule has 2 aromatic rings.